The first kappa shape index (κ1) is 18.0. The van der Waals surface area contributed by atoms with Gasteiger partial charge in [0.2, 0.25) is 5.91 Å². The molecule has 2 heterocycles. The third-order valence-electron chi connectivity index (χ3n) is 4.34. The molecule has 1 fully saturated rings. The van der Waals surface area contributed by atoms with E-state index in [-0.39, 0.29) is 29.0 Å². The SMILES string of the molecule is O=C(CCS(=O)(=O)c1ccc2c(c1)OCCCO2)N[C@H]1CCCNC1. The molecule has 0 radical (unpaired) electrons. The van der Waals surface area contributed by atoms with Crippen LogP contribution < -0.4 is 20.1 Å². The molecule has 138 valence electrons. The molecule has 2 aliphatic heterocycles. The van der Waals surface area contributed by atoms with E-state index in [9.17, 15) is 13.2 Å². The van der Waals surface area contributed by atoms with Gasteiger partial charge in [-0.05, 0) is 31.5 Å². The summed E-state index contributed by atoms with van der Waals surface area (Å²) in [5.41, 5.74) is 0. The Morgan fingerprint density at radius 1 is 1.20 bits per heavy atom. The molecule has 1 saturated heterocycles. The number of fused-ring (bicyclic) bond motifs is 1. The molecule has 7 nitrogen and oxygen atoms in total. The van der Waals surface area contributed by atoms with Crippen LogP contribution in [0.3, 0.4) is 0 Å². The Kier molecular flexibility index (Phi) is 5.80. The quantitative estimate of drug-likeness (QED) is 0.801. The molecule has 0 aromatic heterocycles. The maximum atomic E-state index is 12.5. The van der Waals surface area contributed by atoms with Crippen LogP contribution in [0.2, 0.25) is 0 Å². The number of nitrogens with one attached hydrogen (secondary N) is 2. The maximum absolute atomic E-state index is 12.5. The third kappa shape index (κ3) is 4.85. The number of benzene rings is 1. The minimum Gasteiger partial charge on any atom is -0.490 e. The number of hydrogen-bond acceptors (Lipinski definition) is 6. The largest absolute Gasteiger partial charge is 0.490 e. The predicted octanol–water partition coefficient (Wildman–Crippen LogP) is 0.880. The predicted molar refractivity (Wildman–Crippen MR) is 92.8 cm³/mol. The van der Waals surface area contributed by atoms with Crippen molar-refractivity contribution in [2.75, 3.05) is 32.1 Å². The van der Waals surface area contributed by atoms with Crippen LogP contribution in [0.25, 0.3) is 0 Å². The van der Waals surface area contributed by atoms with Crippen molar-refractivity contribution in [1.29, 1.82) is 0 Å². The number of piperidine rings is 1. The third-order valence-corrected chi connectivity index (χ3v) is 6.05. The molecular formula is C17H24N2O5S. The zero-order valence-corrected chi connectivity index (χ0v) is 14.9. The highest BCUT2D eigenvalue weighted by Crippen LogP contribution is 2.32. The zero-order valence-electron chi connectivity index (χ0n) is 14.1. The van der Waals surface area contributed by atoms with Gasteiger partial charge in [-0.2, -0.15) is 0 Å². The van der Waals surface area contributed by atoms with Crippen molar-refractivity contribution in [2.24, 2.45) is 0 Å². The van der Waals surface area contributed by atoms with Crippen LogP contribution in [-0.4, -0.2) is 52.4 Å². The fraction of sp³-hybridized carbons (Fsp3) is 0.588. The van der Waals surface area contributed by atoms with Crippen molar-refractivity contribution in [2.45, 2.75) is 36.6 Å². The fourth-order valence-corrected chi connectivity index (χ4v) is 4.21. The van der Waals surface area contributed by atoms with Gasteiger partial charge in [0.15, 0.2) is 21.3 Å². The molecule has 0 saturated carbocycles. The van der Waals surface area contributed by atoms with Crippen molar-refractivity contribution in [3.63, 3.8) is 0 Å². The highest BCUT2D eigenvalue weighted by molar-refractivity contribution is 7.91. The van der Waals surface area contributed by atoms with Gasteiger partial charge in [0.05, 0.1) is 23.9 Å². The van der Waals surface area contributed by atoms with Crippen LogP contribution >= 0.6 is 0 Å². The molecular weight excluding hydrogens is 344 g/mol. The lowest BCUT2D eigenvalue weighted by molar-refractivity contribution is -0.121. The van der Waals surface area contributed by atoms with Crippen molar-refractivity contribution >= 4 is 15.7 Å². The van der Waals surface area contributed by atoms with Crippen molar-refractivity contribution in [3.05, 3.63) is 18.2 Å². The monoisotopic (exact) mass is 368 g/mol. The first-order chi connectivity index (χ1) is 12.0. The van der Waals surface area contributed by atoms with E-state index in [2.05, 4.69) is 10.6 Å². The summed E-state index contributed by atoms with van der Waals surface area (Å²) in [5, 5.41) is 6.10. The molecule has 0 spiro atoms. The van der Waals surface area contributed by atoms with Gasteiger partial charge in [-0.3, -0.25) is 4.79 Å². The molecule has 1 amide bonds. The molecule has 2 aliphatic rings. The van der Waals surface area contributed by atoms with Crippen LogP contribution in [0.4, 0.5) is 0 Å². The van der Waals surface area contributed by atoms with Crippen molar-refractivity contribution in [1.82, 2.24) is 10.6 Å². The van der Waals surface area contributed by atoms with Crippen LogP contribution in [-0.2, 0) is 14.6 Å². The lowest BCUT2D eigenvalue weighted by atomic mass is 10.1. The minimum atomic E-state index is -3.55. The van der Waals surface area contributed by atoms with Crippen molar-refractivity contribution < 1.29 is 22.7 Å². The molecule has 0 unspecified atom stereocenters. The Hall–Kier alpha value is -1.80. The molecule has 0 aliphatic carbocycles. The van der Waals surface area contributed by atoms with E-state index in [1.54, 1.807) is 6.07 Å². The maximum Gasteiger partial charge on any atom is 0.221 e. The average molecular weight is 368 g/mol. The van der Waals surface area contributed by atoms with Gasteiger partial charge >= 0.3 is 0 Å². The van der Waals surface area contributed by atoms with Gasteiger partial charge in [-0.1, -0.05) is 0 Å². The summed E-state index contributed by atoms with van der Waals surface area (Å²) in [6.45, 7) is 2.75. The summed E-state index contributed by atoms with van der Waals surface area (Å²) in [5.74, 6) is 0.542. The Bertz CT molecular complexity index is 714. The highest BCUT2D eigenvalue weighted by Gasteiger charge is 2.21. The topological polar surface area (TPSA) is 93.7 Å². The summed E-state index contributed by atoms with van der Waals surface area (Å²) in [7, 11) is -3.55. The second-order valence-corrected chi connectivity index (χ2v) is 8.45. The zero-order chi connectivity index (χ0) is 17.7. The first-order valence-electron chi connectivity index (χ1n) is 8.67. The van der Waals surface area contributed by atoms with Gasteiger partial charge in [0.25, 0.3) is 0 Å². The number of ether oxygens (including phenoxy) is 2. The second-order valence-electron chi connectivity index (χ2n) is 6.34. The molecule has 3 rings (SSSR count). The number of carbonyl (C=O) groups is 1. The Morgan fingerprint density at radius 2 is 2.00 bits per heavy atom. The molecule has 25 heavy (non-hydrogen) atoms. The second kappa shape index (κ2) is 8.05. The summed E-state index contributed by atoms with van der Waals surface area (Å²) in [6, 6.07) is 4.69. The number of sulfone groups is 1. The van der Waals surface area contributed by atoms with E-state index in [0.29, 0.717) is 24.7 Å². The molecule has 1 atom stereocenters. The number of amides is 1. The van der Waals surface area contributed by atoms with Crippen LogP contribution in [0.15, 0.2) is 23.1 Å². The minimum absolute atomic E-state index is 0.0483. The van der Waals surface area contributed by atoms with Gasteiger partial charge in [0, 0.05) is 31.5 Å². The normalized spacial score (nSPS) is 20.6. The standard InChI is InChI=1S/C17H24N2O5S/c20-17(19-13-3-1-7-18-12-13)6-10-25(21,22)14-4-5-15-16(11-14)24-9-2-8-23-15/h4-5,11,13,18H,1-3,6-10,12H2,(H,19,20)/t13-/m0/s1. The molecule has 0 bridgehead atoms. The van der Waals surface area contributed by atoms with Gasteiger partial charge in [-0.25, -0.2) is 8.42 Å². The van der Waals surface area contributed by atoms with Crippen LogP contribution in [0.1, 0.15) is 25.7 Å². The summed E-state index contributed by atoms with van der Waals surface area (Å²) >= 11 is 0. The number of carbonyl (C=O) groups excluding carboxylic acids is 1. The molecule has 1 aromatic rings. The number of rotatable bonds is 5. The molecule has 2 N–H and O–H groups in total. The lowest BCUT2D eigenvalue weighted by Crippen LogP contribution is -2.45. The molecule has 1 aromatic carbocycles. The van der Waals surface area contributed by atoms with Gasteiger partial charge < -0.3 is 20.1 Å². The Labute approximate surface area is 148 Å². The van der Waals surface area contributed by atoms with Gasteiger partial charge in [-0.15, -0.1) is 0 Å². The van der Waals surface area contributed by atoms with Crippen LogP contribution in [0.5, 0.6) is 11.5 Å². The fourth-order valence-electron chi connectivity index (χ4n) is 2.96. The smallest absolute Gasteiger partial charge is 0.221 e. The highest BCUT2D eigenvalue weighted by atomic mass is 32.2. The van der Waals surface area contributed by atoms with E-state index in [4.69, 9.17) is 9.47 Å². The van der Waals surface area contributed by atoms with Gasteiger partial charge in [0.1, 0.15) is 0 Å². The van der Waals surface area contributed by atoms with Crippen molar-refractivity contribution in [3.8, 4) is 11.5 Å². The van der Waals surface area contributed by atoms with E-state index in [1.807, 2.05) is 0 Å². The summed E-state index contributed by atoms with van der Waals surface area (Å²) in [4.78, 5) is 12.2. The summed E-state index contributed by atoms with van der Waals surface area (Å²) < 4.78 is 36.1. The Morgan fingerprint density at radius 3 is 2.76 bits per heavy atom. The van der Waals surface area contributed by atoms with Crippen LogP contribution in [0, 0.1) is 0 Å². The molecule has 8 heteroatoms. The van der Waals surface area contributed by atoms with E-state index in [0.717, 1.165) is 32.4 Å². The average Bonchev–Trinajstić information content (AvgIpc) is 2.86. The Balaban J connectivity index is 1.59. The lowest BCUT2D eigenvalue weighted by Gasteiger charge is -2.23. The van der Waals surface area contributed by atoms with E-state index < -0.39 is 9.84 Å². The van der Waals surface area contributed by atoms with E-state index in [1.165, 1.54) is 12.1 Å². The summed E-state index contributed by atoms with van der Waals surface area (Å²) in [6.07, 6.45) is 2.65. The first-order valence-corrected chi connectivity index (χ1v) is 10.3. The van der Waals surface area contributed by atoms with E-state index >= 15 is 0 Å². The number of hydrogen-bond donors (Lipinski definition) is 2.